The molecule has 1 aliphatic heterocycles. The third-order valence-electron chi connectivity index (χ3n) is 8.20. The summed E-state index contributed by atoms with van der Waals surface area (Å²) in [4.78, 5) is 25.0. The number of nitriles is 1. The van der Waals surface area contributed by atoms with Crippen molar-refractivity contribution in [3.8, 4) is 17.2 Å². The Labute approximate surface area is 188 Å². The molecule has 4 atom stereocenters. The minimum atomic E-state index is -0.795. The van der Waals surface area contributed by atoms with Gasteiger partial charge in [-0.25, -0.2) is 9.18 Å². The monoisotopic (exact) mass is 451 g/mol. The summed E-state index contributed by atoms with van der Waals surface area (Å²) in [5.74, 6) is -0.634. The molecule has 1 aromatic heterocycles. The van der Waals surface area contributed by atoms with Gasteiger partial charge in [0.1, 0.15) is 16.7 Å². The van der Waals surface area contributed by atoms with Crippen LogP contribution in [0.1, 0.15) is 34.5 Å². The maximum atomic E-state index is 14.8. The molecule has 0 spiro atoms. The van der Waals surface area contributed by atoms with E-state index < -0.39 is 17.8 Å². The summed E-state index contributed by atoms with van der Waals surface area (Å²) < 4.78 is 19.5. The molecule has 1 aromatic carbocycles. The summed E-state index contributed by atoms with van der Waals surface area (Å²) in [5, 5.41) is 17.7. The number of nitrogens with zero attached hydrogens (tertiary/aromatic N) is 1. The van der Waals surface area contributed by atoms with Crippen LogP contribution >= 0.6 is 11.3 Å². The first-order valence-electron chi connectivity index (χ1n) is 10.8. The van der Waals surface area contributed by atoms with Crippen LogP contribution in [-0.4, -0.2) is 37.1 Å². The molecule has 0 unspecified atom stereocenters. The Morgan fingerprint density at radius 1 is 1.34 bits per heavy atom. The standard InChI is InChI=1S/C24H22FN3O3S/c1-31-22(30)18-6-14(9-32-18)12-2-3-13(17(25)5-12)4-15(8-26)27-21(29)20-16-7-19(28-20)24-10-23(16,24)11-24/h2-3,5-6,9,15-16,19-20,28H,4,7,10-11H2,1H3,(H,27,29)/t15-,16-,19-,20-,23?,24?/m0/s1. The fourth-order valence-corrected chi connectivity index (χ4v) is 7.22. The molecule has 4 fully saturated rings. The maximum absolute atomic E-state index is 14.8. The predicted octanol–water partition coefficient (Wildman–Crippen LogP) is 3.03. The zero-order chi connectivity index (χ0) is 22.3. The van der Waals surface area contributed by atoms with Crippen molar-refractivity contribution < 1.29 is 18.7 Å². The molecule has 8 heteroatoms. The van der Waals surface area contributed by atoms with E-state index in [1.54, 1.807) is 23.6 Å². The van der Waals surface area contributed by atoms with Crippen LogP contribution < -0.4 is 10.6 Å². The van der Waals surface area contributed by atoms with Crippen molar-refractivity contribution in [3.05, 3.63) is 45.9 Å². The normalized spacial score (nSPS) is 33.6. The molecule has 0 radical (unpaired) electrons. The quantitative estimate of drug-likeness (QED) is 0.659. The number of rotatable bonds is 6. The third-order valence-corrected chi connectivity index (χ3v) is 9.11. The van der Waals surface area contributed by atoms with Crippen molar-refractivity contribution in [1.82, 2.24) is 10.6 Å². The zero-order valence-corrected chi connectivity index (χ0v) is 18.3. The van der Waals surface area contributed by atoms with Crippen LogP contribution in [0.4, 0.5) is 4.39 Å². The number of ether oxygens (including phenoxy) is 1. The lowest BCUT2D eigenvalue weighted by Gasteiger charge is -2.23. The number of halogens is 1. The number of benzene rings is 1. The van der Waals surface area contributed by atoms with Crippen molar-refractivity contribution in [3.63, 3.8) is 0 Å². The molecule has 1 saturated heterocycles. The first kappa shape index (κ1) is 19.9. The largest absolute Gasteiger partial charge is 0.465 e. The summed E-state index contributed by atoms with van der Waals surface area (Å²) in [5.41, 5.74) is 2.63. The van der Waals surface area contributed by atoms with Crippen LogP contribution in [0.25, 0.3) is 11.1 Å². The van der Waals surface area contributed by atoms with E-state index in [4.69, 9.17) is 4.74 Å². The van der Waals surface area contributed by atoms with E-state index in [0.29, 0.717) is 38.8 Å². The molecule has 6 rings (SSSR count). The second-order valence-electron chi connectivity index (χ2n) is 9.60. The van der Waals surface area contributed by atoms with Gasteiger partial charge in [0, 0.05) is 12.5 Å². The number of fused-ring (bicyclic) bond motifs is 2. The number of hydrogen-bond donors (Lipinski definition) is 2. The molecule has 1 amide bonds. The summed E-state index contributed by atoms with van der Waals surface area (Å²) in [6.45, 7) is 0. The smallest absolute Gasteiger partial charge is 0.348 e. The van der Waals surface area contributed by atoms with Gasteiger partial charge < -0.3 is 15.4 Å². The van der Waals surface area contributed by atoms with Gasteiger partial charge in [-0.15, -0.1) is 11.3 Å². The van der Waals surface area contributed by atoms with Gasteiger partial charge in [-0.2, -0.15) is 5.26 Å². The van der Waals surface area contributed by atoms with Gasteiger partial charge in [-0.05, 0) is 70.2 Å². The van der Waals surface area contributed by atoms with Crippen molar-refractivity contribution in [2.24, 2.45) is 16.7 Å². The van der Waals surface area contributed by atoms with E-state index in [1.807, 2.05) is 0 Å². The Hall–Kier alpha value is -2.76. The lowest BCUT2D eigenvalue weighted by atomic mass is 9.87. The molecular formula is C24H22FN3O3S. The van der Waals surface area contributed by atoms with Gasteiger partial charge in [-0.1, -0.05) is 12.1 Å². The van der Waals surface area contributed by atoms with E-state index in [0.717, 1.165) is 12.0 Å². The van der Waals surface area contributed by atoms with Crippen LogP contribution in [0.15, 0.2) is 29.6 Å². The number of thiophene rings is 1. The highest BCUT2D eigenvalue weighted by molar-refractivity contribution is 7.12. The molecule has 2 heterocycles. The fourth-order valence-electron chi connectivity index (χ4n) is 6.39. The average Bonchev–Trinajstić information content (AvgIpc) is 3.33. The van der Waals surface area contributed by atoms with Gasteiger partial charge in [0.15, 0.2) is 0 Å². The number of nitrogens with one attached hydrogen (secondary N) is 2. The Balaban J connectivity index is 1.12. The molecule has 164 valence electrons. The fraction of sp³-hybridized carbons (Fsp3) is 0.458. The first-order valence-corrected chi connectivity index (χ1v) is 11.7. The van der Waals surface area contributed by atoms with E-state index in [2.05, 4.69) is 16.7 Å². The number of esters is 1. The SMILES string of the molecule is COC(=O)c1cc(-c2ccc(C[C@@H](C#N)NC(=O)[C@H]3N[C@H]4C[C@@H]3C35CC43C5)c(F)c2)cs1. The Kier molecular flexibility index (Phi) is 4.12. The van der Waals surface area contributed by atoms with Gasteiger partial charge in [0.2, 0.25) is 5.91 Å². The number of methoxy groups -OCH3 is 1. The Morgan fingerprint density at radius 2 is 2.16 bits per heavy atom. The lowest BCUT2D eigenvalue weighted by molar-refractivity contribution is -0.124. The van der Waals surface area contributed by atoms with E-state index >= 15 is 0 Å². The molecule has 3 saturated carbocycles. The highest BCUT2D eigenvalue weighted by atomic mass is 32.1. The second kappa shape index (κ2) is 6.63. The van der Waals surface area contributed by atoms with Crippen LogP contribution in [0.5, 0.6) is 0 Å². The zero-order valence-electron chi connectivity index (χ0n) is 17.5. The van der Waals surface area contributed by atoms with Crippen molar-refractivity contribution in [1.29, 1.82) is 5.26 Å². The van der Waals surface area contributed by atoms with E-state index in [-0.39, 0.29) is 18.4 Å². The average molecular weight is 452 g/mol. The summed E-state index contributed by atoms with van der Waals surface area (Å²) in [7, 11) is 1.32. The molecule has 2 bridgehead atoms. The van der Waals surface area contributed by atoms with Crippen LogP contribution in [0, 0.1) is 33.9 Å². The lowest BCUT2D eigenvalue weighted by Crippen LogP contribution is -2.51. The Bertz CT molecular complexity index is 1200. The van der Waals surface area contributed by atoms with Crippen molar-refractivity contribution in [2.75, 3.05) is 7.11 Å². The Morgan fingerprint density at radius 3 is 2.81 bits per heavy atom. The first-order chi connectivity index (χ1) is 15.4. The summed E-state index contributed by atoms with van der Waals surface area (Å²) in [6, 6.07) is 7.98. The number of carbonyl (C=O) groups is 2. The van der Waals surface area contributed by atoms with Crippen LogP contribution in [-0.2, 0) is 16.0 Å². The number of carbonyl (C=O) groups excluding carboxylic acids is 2. The molecule has 2 aromatic rings. The third kappa shape index (κ3) is 2.64. The van der Waals surface area contributed by atoms with Crippen LogP contribution in [0.3, 0.4) is 0 Å². The van der Waals surface area contributed by atoms with E-state index in [9.17, 15) is 19.2 Å². The molecule has 2 N–H and O–H groups in total. The minimum absolute atomic E-state index is 0.0985. The highest BCUT2D eigenvalue weighted by Gasteiger charge is 2.93. The second-order valence-corrected chi connectivity index (χ2v) is 10.5. The topological polar surface area (TPSA) is 91.2 Å². The molecule has 3 aliphatic carbocycles. The van der Waals surface area contributed by atoms with Crippen LogP contribution in [0.2, 0.25) is 0 Å². The molecule has 4 aliphatic rings. The maximum Gasteiger partial charge on any atom is 0.348 e. The van der Waals surface area contributed by atoms with Gasteiger partial charge in [0.25, 0.3) is 0 Å². The highest BCUT2D eigenvalue weighted by Crippen LogP contribution is 2.96. The van der Waals surface area contributed by atoms with Gasteiger partial charge in [-0.3, -0.25) is 4.79 Å². The van der Waals surface area contributed by atoms with Gasteiger partial charge >= 0.3 is 5.97 Å². The predicted molar refractivity (Wildman–Crippen MR) is 115 cm³/mol. The summed E-state index contributed by atoms with van der Waals surface area (Å²) in [6.07, 6.45) is 3.65. The molecule has 32 heavy (non-hydrogen) atoms. The number of hydrogen-bond acceptors (Lipinski definition) is 6. The summed E-state index contributed by atoms with van der Waals surface area (Å²) >= 11 is 1.24. The molecular weight excluding hydrogens is 429 g/mol. The van der Waals surface area contributed by atoms with E-state index in [1.165, 1.54) is 37.4 Å². The number of piperidine rings is 1. The number of amides is 1. The van der Waals surface area contributed by atoms with Crippen molar-refractivity contribution in [2.45, 2.75) is 43.8 Å². The van der Waals surface area contributed by atoms with Crippen molar-refractivity contribution >= 4 is 23.2 Å². The van der Waals surface area contributed by atoms with Gasteiger partial charge in [0.05, 0.1) is 19.2 Å². The minimum Gasteiger partial charge on any atom is -0.465 e. The molecule has 6 nitrogen and oxygen atoms in total.